The van der Waals surface area contributed by atoms with Gasteiger partial charge in [0.15, 0.2) is 0 Å². The van der Waals surface area contributed by atoms with E-state index in [2.05, 4.69) is 25.3 Å². The number of hydrogen-bond acceptors (Lipinski definition) is 5. The molecular weight excluding hydrogens is 244 g/mol. The van der Waals surface area contributed by atoms with Crippen LogP contribution in [0.4, 0.5) is 0 Å². The van der Waals surface area contributed by atoms with Gasteiger partial charge in [0.2, 0.25) is 4.73 Å². The van der Waals surface area contributed by atoms with E-state index >= 15 is 0 Å². The van der Waals surface area contributed by atoms with E-state index in [1.54, 1.807) is 7.11 Å². The molecule has 0 bridgehead atoms. The molecule has 68 valence electrons. The predicted molar refractivity (Wildman–Crippen MR) is 49.1 cm³/mol. The Morgan fingerprint density at radius 1 is 1.50 bits per heavy atom. The van der Waals surface area contributed by atoms with Crippen LogP contribution in [0.5, 0.6) is 0 Å². The number of halogens is 1. The van der Waals surface area contributed by atoms with Crippen LogP contribution < -0.4 is 0 Å². The van der Waals surface area contributed by atoms with Crippen molar-refractivity contribution in [2.75, 3.05) is 20.3 Å². The Labute approximate surface area is 83.2 Å². The lowest BCUT2D eigenvalue weighted by Crippen LogP contribution is -2.01. The smallest absolute Gasteiger partial charge is 0.209 e. The normalized spacial score (nSPS) is 10.5. The van der Waals surface area contributed by atoms with Gasteiger partial charge < -0.3 is 9.47 Å². The van der Waals surface area contributed by atoms with Crippen molar-refractivity contribution in [1.29, 1.82) is 0 Å². The molecule has 0 fully saturated rings. The first-order valence-electron chi connectivity index (χ1n) is 3.37. The number of ether oxygens (including phenoxy) is 2. The molecule has 0 spiro atoms. The Kier molecular flexibility index (Phi) is 4.67. The summed E-state index contributed by atoms with van der Waals surface area (Å²) in [5.41, 5.74) is 0. The summed E-state index contributed by atoms with van der Waals surface area (Å²) in [4.78, 5) is 4.07. The maximum Gasteiger partial charge on any atom is 0.209 e. The SMILES string of the molecule is COCCOCc1nc(Br)ns1. The highest BCUT2D eigenvalue weighted by Gasteiger charge is 1.99. The highest BCUT2D eigenvalue weighted by atomic mass is 79.9. The zero-order chi connectivity index (χ0) is 8.81. The van der Waals surface area contributed by atoms with E-state index in [1.807, 2.05) is 0 Å². The van der Waals surface area contributed by atoms with E-state index < -0.39 is 0 Å². The zero-order valence-corrected chi connectivity index (χ0v) is 9.02. The molecule has 0 atom stereocenters. The summed E-state index contributed by atoms with van der Waals surface area (Å²) in [6, 6.07) is 0. The Bertz CT molecular complexity index is 231. The van der Waals surface area contributed by atoms with Crippen LogP contribution in [-0.2, 0) is 16.1 Å². The maximum atomic E-state index is 5.24. The molecule has 4 nitrogen and oxygen atoms in total. The van der Waals surface area contributed by atoms with Crippen molar-refractivity contribution in [3.63, 3.8) is 0 Å². The number of methoxy groups -OCH3 is 1. The topological polar surface area (TPSA) is 44.2 Å². The molecular formula is C6H9BrN2O2S. The highest BCUT2D eigenvalue weighted by molar-refractivity contribution is 9.10. The van der Waals surface area contributed by atoms with Gasteiger partial charge in [0.1, 0.15) is 11.6 Å². The van der Waals surface area contributed by atoms with Gasteiger partial charge >= 0.3 is 0 Å². The molecule has 0 N–H and O–H groups in total. The third-order valence-corrected chi connectivity index (χ3v) is 2.37. The highest BCUT2D eigenvalue weighted by Crippen LogP contribution is 2.10. The molecule has 1 heterocycles. The summed E-state index contributed by atoms with van der Waals surface area (Å²) in [6.07, 6.45) is 0. The Balaban J connectivity index is 2.15. The van der Waals surface area contributed by atoms with Crippen LogP contribution in [0.2, 0.25) is 0 Å². The Hall–Kier alpha value is -0.0400. The fourth-order valence-corrected chi connectivity index (χ4v) is 1.63. The largest absolute Gasteiger partial charge is 0.382 e. The van der Waals surface area contributed by atoms with Gasteiger partial charge in [0.25, 0.3) is 0 Å². The van der Waals surface area contributed by atoms with Gasteiger partial charge in [0, 0.05) is 7.11 Å². The van der Waals surface area contributed by atoms with Gasteiger partial charge in [-0.25, -0.2) is 4.98 Å². The van der Waals surface area contributed by atoms with Crippen LogP contribution in [0.3, 0.4) is 0 Å². The van der Waals surface area contributed by atoms with Crippen LogP contribution in [0.1, 0.15) is 5.01 Å². The first-order chi connectivity index (χ1) is 5.83. The van der Waals surface area contributed by atoms with Crippen LogP contribution >= 0.6 is 27.5 Å². The van der Waals surface area contributed by atoms with E-state index in [1.165, 1.54) is 11.5 Å². The average molecular weight is 253 g/mol. The minimum Gasteiger partial charge on any atom is -0.382 e. The summed E-state index contributed by atoms with van der Waals surface area (Å²) >= 11 is 4.50. The van der Waals surface area contributed by atoms with Crippen LogP contribution in [0, 0.1) is 0 Å². The predicted octanol–water partition coefficient (Wildman–Crippen LogP) is 1.46. The van der Waals surface area contributed by atoms with Crippen LogP contribution in [0.15, 0.2) is 4.73 Å². The van der Waals surface area contributed by atoms with Gasteiger partial charge in [-0.2, -0.15) is 4.37 Å². The van der Waals surface area contributed by atoms with Crippen molar-refractivity contribution in [3.8, 4) is 0 Å². The molecule has 0 aliphatic heterocycles. The van der Waals surface area contributed by atoms with Crippen molar-refractivity contribution in [2.45, 2.75) is 6.61 Å². The first-order valence-corrected chi connectivity index (χ1v) is 4.94. The monoisotopic (exact) mass is 252 g/mol. The number of hydrogen-bond donors (Lipinski definition) is 0. The third-order valence-electron chi connectivity index (χ3n) is 1.10. The molecule has 0 aliphatic rings. The quantitative estimate of drug-likeness (QED) is 0.745. The molecule has 1 aromatic rings. The molecule has 1 aromatic heterocycles. The van der Waals surface area contributed by atoms with Gasteiger partial charge in [-0.05, 0) is 27.5 Å². The van der Waals surface area contributed by atoms with E-state index in [9.17, 15) is 0 Å². The lowest BCUT2D eigenvalue weighted by Gasteiger charge is -1.98. The molecule has 0 unspecified atom stereocenters. The number of rotatable bonds is 5. The molecule has 0 aliphatic carbocycles. The summed E-state index contributed by atoms with van der Waals surface area (Å²) in [5.74, 6) is 0. The molecule has 0 saturated carbocycles. The summed E-state index contributed by atoms with van der Waals surface area (Å²) < 4.78 is 14.6. The van der Waals surface area contributed by atoms with Gasteiger partial charge in [-0.3, -0.25) is 0 Å². The number of aromatic nitrogens is 2. The van der Waals surface area contributed by atoms with Crippen molar-refractivity contribution in [2.24, 2.45) is 0 Å². The minimum absolute atomic E-state index is 0.507. The van der Waals surface area contributed by atoms with Gasteiger partial charge in [-0.15, -0.1) is 0 Å². The molecule has 0 amide bonds. The maximum absolute atomic E-state index is 5.24. The van der Waals surface area contributed by atoms with Crippen molar-refractivity contribution >= 4 is 27.5 Å². The van der Waals surface area contributed by atoms with E-state index in [4.69, 9.17) is 9.47 Å². The molecule has 6 heteroatoms. The van der Waals surface area contributed by atoms with Crippen molar-refractivity contribution in [3.05, 3.63) is 9.74 Å². The fraction of sp³-hybridized carbons (Fsp3) is 0.667. The standard InChI is InChI=1S/C6H9BrN2O2S/c1-10-2-3-11-4-5-8-6(7)9-12-5/h2-4H2,1H3. The summed E-state index contributed by atoms with van der Waals surface area (Å²) in [7, 11) is 1.64. The zero-order valence-electron chi connectivity index (χ0n) is 6.62. The Morgan fingerprint density at radius 3 is 2.92 bits per heavy atom. The molecule has 0 aromatic carbocycles. The Morgan fingerprint density at radius 2 is 2.33 bits per heavy atom. The summed E-state index contributed by atoms with van der Waals surface area (Å²) in [6.45, 7) is 1.71. The lowest BCUT2D eigenvalue weighted by molar-refractivity contribution is 0.0615. The van der Waals surface area contributed by atoms with Crippen molar-refractivity contribution in [1.82, 2.24) is 9.36 Å². The second-order valence-electron chi connectivity index (χ2n) is 2.00. The van der Waals surface area contributed by atoms with Crippen LogP contribution in [0.25, 0.3) is 0 Å². The summed E-state index contributed by atoms with van der Waals surface area (Å²) in [5, 5.41) is 0.873. The molecule has 0 saturated heterocycles. The molecule has 0 radical (unpaired) electrons. The van der Waals surface area contributed by atoms with E-state index in [-0.39, 0.29) is 0 Å². The van der Waals surface area contributed by atoms with Crippen LogP contribution in [-0.4, -0.2) is 29.7 Å². The third kappa shape index (κ3) is 3.57. The van der Waals surface area contributed by atoms with E-state index in [0.29, 0.717) is 24.6 Å². The van der Waals surface area contributed by atoms with Crippen molar-refractivity contribution < 1.29 is 9.47 Å². The second-order valence-corrected chi connectivity index (χ2v) is 3.55. The second kappa shape index (κ2) is 5.58. The fourth-order valence-electron chi connectivity index (χ4n) is 0.594. The lowest BCUT2D eigenvalue weighted by atomic mass is 10.7. The molecule has 1 rings (SSSR count). The first kappa shape index (κ1) is 10.0. The van der Waals surface area contributed by atoms with Gasteiger partial charge in [-0.1, -0.05) is 0 Å². The van der Waals surface area contributed by atoms with Gasteiger partial charge in [0.05, 0.1) is 13.2 Å². The minimum atomic E-state index is 0.507. The number of nitrogens with zero attached hydrogens (tertiary/aromatic N) is 2. The molecule has 12 heavy (non-hydrogen) atoms. The van der Waals surface area contributed by atoms with E-state index in [0.717, 1.165) is 5.01 Å². The average Bonchev–Trinajstić information content (AvgIpc) is 2.45.